The fourth-order valence-corrected chi connectivity index (χ4v) is 4.06. The van der Waals surface area contributed by atoms with Gasteiger partial charge >= 0.3 is 0 Å². The second-order valence-electron chi connectivity index (χ2n) is 6.45. The summed E-state index contributed by atoms with van der Waals surface area (Å²) in [5, 5.41) is 2.95. The zero-order chi connectivity index (χ0) is 19.1. The van der Waals surface area contributed by atoms with Crippen LogP contribution in [0.15, 0.2) is 59.5 Å². The van der Waals surface area contributed by atoms with Crippen molar-refractivity contribution in [1.82, 2.24) is 4.90 Å². The van der Waals surface area contributed by atoms with Crippen LogP contribution in [-0.2, 0) is 9.59 Å². The Morgan fingerprint density at radius 2 is 1.74 bits per heavy atom. The Morgan fingerprint density at radius 1 is 1.07 bits per heavy atom. The summed E-state index contributed by atoms with van der Waals surface area (Å²) in [4.78, 5) is 27.7. The molecule has 1 aliphatic heterocycles. The van der Waals surface area contributed by atoms with Crippen LogP contribution in [0.25, 0.3) is 0 Å². The highest BCUT2D eigenvalue weighted by Crippen LogP contribution is 2.29. The number of anilines is 1. The van der Waals surface area contributed by atoms with Gasteiger partial charge in [0.2, 0.25) is 11.8 Å². The molecule has 5 nitrogen and oxygen atoms in total. The maximum atomic E-state index is 12.5. The molecular weight excluding hydrogens is 360 g/mol. The number of likely N-dealkylation sites (tertiary alicyclic amines) is 1. The van der Waals surface area contributed by atoms with Gasteiger partial charge in [0.25, 0.3) is 0 Å². The Balaban J connectivity index is 1.45. The highest BCUT2D eigenvalue weighted by molar-refractivity contribution is 8.00. The predicted octanol–water partition coefficient (Wildman–Crippen LogP) is 3.66. The van der Waals surface area contributed by atoms with E-state index in [0.29, 0.717) is 31.7 Å². The molecule has 3 rings (SSSR count). The zero-order valence-electron chi connectivity index (χ0n) is 15.4. The number of carbonyl (C=O) groups is 2. The number of ether oxygens (including phenoxy) is 1. The summed E-state index contributed by atoms with van der Waals surface area (Å²) in [6.45, 7) is 1.25. The molecule has 0 aromatic heterocycles. The summed E-state index contributed by atoms with van der Waals surface area (Å²) in [6.07, 6.45) is 1.40. The zero-order valence-corrected chi connectivity index (χ0v) is 16.2. The Labute approximate surface area is 164 Å². The number of hydrogen-bond acceptors (Lipinski definition) is 4. The first-order chi connectivity index (χ1) is 13.2. The minimum atomic E-state index is -0.0453. The van der Waals surface area contributed by atoms with E-state index in [-0.39, 0.29) is 17.7 Å². The molecule has 0 bridgehead atoms. The van der Waals surface area contributed by atoms with E-state index in [1.807, 2.05) is 59.5 Å². The summed E-state index contributed by atoms with van der Waals surface area (Å²) < 4.78 is 5.32. The van der Waals surface area contributed by atoms with Crippen LogP contribution in [0.5, 0.6) is 5.75 Å². The summed E-state index contributed by atoms with van der Waals surface area (Å²) in [5.74, 6) is 1.26. The van der Waals surface area contributed by atoms with E-state index in [1.165, 1.54) is 11.8 Å². The first kappa shape index (κ1) is 19.3. The molecule has 1 fully saturated rings. The topological polar surface area (TPSA) is 58.6 Å². The van der Waals surface area contributed by atoms with Crippen molar-refractivity contribution in [2.45, 2.75) is 17.7 Å². The molecule has 0 aliphatic carbocycles. The van der Waals surface area contributed by atoms with Gasteiger partial charge < -0.3 is 15.0 Å². The SMILES string of the molecule is COc1ccccc1SCC(=O)N1CCC(C(=O)Nc2ccccc2)CC1. The maximum absolute atomic E-state index is 12.5. The van der Waals surface area contributed by atoms with Gasteiger partial charge in [-0.2, -0.15) is 0 Å². The van der Waals surface area contributed by atoms with Crippen molar-refractivity contribution in [3.8, 4) is 5.75 Å². The first-order valence-corrected chi connectivity index (χ1v) is 10.1. The molecule has 2 aromatic carbocycles. The molecule has 27 heavy (non-hydrogen) atoms. The standard InChI is InChI=1S/C21H24N2O3S/c1-26-18-9-5-6-10-19(18)27-15-20(24)23-13-11-16(12-14-23)21(25)22-17-7-3-2-4-8-17/h2-10,16H,11-15H2,1H3,(H,22,25). The molecule has 1 heterocycles. The third-order valence-corrected chi connectivity index (χ3v) is 5.72. The van der Waals surface area contributed by atoms with Crippen molar-refractivity contribution in [3.63, 3.8) is 0 Å². The van der Waals surface area contributed by atoms with Crippen LogP contribution in [0.2, 0.25) is 0 Å². The smallest absolute Gasteiger partial charge is 0.232 e. The quantitative estimate of drug-likeness (QED) is 0.772. The molecule has 2 amide bonds. The molecule has 142 valence electrons. The van der Waals surface area contributed by atoms with Gasteiger partial charge in [0, 0.05) is 29.6 Å². The number of hydrogen-bond donors (Lipinski definition) is 1. The lowest BCUT2D eigenvalue weighted by Crippen LogP contribution is -2.42. The average molecular weight is 385 g/mol. The number of nitrogens with one attached hydrogen (secondary N) is 1. The van der Waals surface area contributed by atoms with Crippen molar-refractivity contribution in [2.75, 3.05) is 31.3 Å². The lowest BCUT2D eigenvalue weighted by Gasteiger charge is -2.31. The Bertz CT molecular complexity index is 774. The minimum absolute atomic E-state index is 0.0386. The molecule has 0 radical (unpaired) electrons. The molecule has 1 saturated heterocycles. The van der Waals surface area contributed by atoms with Gasteiger partial charge in [-0.05, 0) is 37.1 Å². The fraction of sp³-hybridized carbons (Fsp3) is 0.333. The third kappa shape index (κ3) is 5.26. The van der Waals surface area contributed by atoms with Crippen molar-refractivity contribution in [2.24, 2.45) is 5.92 Å². The van der Waals surface area contributed by atoms with Crippen LogP contribution in [0.1, 0.15) is 12.8 Å². The van der Waals surface area contributed by atoms with Crippen LogP contribution < -0.4 is 10.1 Å². The second kappa shape index (κ2) is 9.46. The van der Waals surface area contributed by atoms with Crippen LogP contribution >= 0.6 is 11.8 Å². The lowest BCUT2D eigenvalue weighted by molar-refractivity contribution is -0.132. The van der Waals surface area contributed by atoms with Gasteiger partial charge in [0.15, 0.2) is 0 Å². The average Bonchev–Trinajstić information content (AvgIpc) is 2.73. The number of para-hydroxylation sites is 2. The van der Waals surface area contributed by atoms with Crippen LogP contribution in [0.4, 0.5) is 5.69 Å². The largest absolute Gasteiger partial charge is 0.496 e. The summed E-state index contributed by atoms with van der Waals surface area (Å²) in [5.41, 5.74) is 0.814. The fourth-order valence-electron chi connectivity index (χ4n) is 3.13. The summed E-state index contributed by atoms with van der Waals surface area (Å²) in [6, 6.07) is 17.2. The van der Waals surface area contributed by atoms with Gasteiger partial charge in [0.1, 0.15) is 5.75 Å². The Morgan fingerprint density at radius 3 is 2.44 bits per heavy atom. The molecule has 1 aliphatic rings. The number of methoxy groups -OCH3 is 1. The number of benzene rings is 2. The maximum Gasteiger partial charge on any atom is 0.232 e. The highest BCUT2D eigenvalue weighted by Gasteiger charge is 2.27. The number of carbonyl (C=O) groups excluding carboxylic acids is 2. The van der Waals surface area contributed by atoms with E-state index in [9.17, 15) is 9.59 Å². The molecule has 1 N–H and O–H groups in total. The molecule has 2 aromatic rings. The van der Waals surface area contributed by atoms with Gasteiger partial charge in [0.05, 0.1) is 12.9 Å². The summed E-state index contributed by atoms with van der Waals surface area (Å²) >= 11 is 1.49. The van der Waals surface area contributed by atoms with Crippen molar-refractivity contribution < 1.29 is 14.3 Å². The number of amides is 2. The predicted molar refractivity (Wildman–Crippen MR) is 108 cm³/mol. The van der Waals surface area contributed by atoms with Crippen LogP contribution in [0, 0.1) is 5.92 Å². The number of rotatable bonds is 6. The monoisotopic (exact) mass is 384 g/mol. The van der Waals surface area contributed by atoms with Gasteiger partial charge in [-0.15, -0.1) is 11.8 Å². The Kier molecular flexibility index (Phi) is 6.76. The second-order valence-corrected chi connectivity index (χ2v) is 7.47. The van der Waals surface area contributed by atoms with E-state index < -0.39 is 0 Å². The first-order valence-electron chi connectivity index (χ1n) is 9.07. The molecule has 0 atom stereocenters. The van der Waals surface area contributed by atoms with Crippen molar-refractivity contribution >= 4 is 29.3 Å². The molecule has 6 heteroatoms. The highest BCUT2D eigenvalue weighted by atomic mass is 32.2. The van der Waals surface area contributed by atoms with Gasteiger partial charge in [-0.1, -0.05) is 30.3 Å². The molecular formula is C21H24N2O3S. The third-order valence-electron chi connectivity index (χ3n) is 4.68. The van der Waals surface area contributed by atoms with E-state index in [2.05, 4.69) is 5.32 Å². The Hall–Kier alpha value is -2.47. The van der Waals surface area contributed by atoms with E-state index in [1.54, 1.807) is 7.11 Å². The number of nitrogens with zero attached hydrogens (tertiary/aromatic N) is 1. The number of thioether (sulfide) groups is 1. The van der Waals surface area contributed by atoms with E-state index in [0.717, 1.165) is 16.3 Å². The van der Waals surface area contributed by atoms with Crippen LogP contribution in [0.3, 0.4) is 0 Å². The molecule has 0 spiro atoms. The molecule has 0 saturated carbocycles. The normalized spacial score (nSPS) is 14.6. The number of piperidine rings is 1. The van der Waals surface area contributed by atoms with Crippen molar-refractivity contribution in [3.05, 3.63) is 54.6 Å². The summed E-state index contributed by atoms with van der Waals surface area (Å²) in [7, 11) is 1.63. The van der Waals surface area contributed by atoms with Gasteiger partial charge in [-0.3, -0.25) is 9.59 Å². The minimum Gasteiger partial charge on any atom is -0.496 e. The molecule has 0 unspecified atom stereocenters. The lowest BCUT2D eigenvalue weighted by atomic mass is 9.96. The van der Waals surface area contributed by atoms with Crippen molar-refractivity contribution in [1.29, 1.82) is 0 Å². The van der Waals surface area contributed by atoms with Gasteiger partial charge in [-0.25, -0.2) is 0 Å². The van der Waals surface area contributed by atoms with E-state index in [4.69, 9.17) is 4.74 Å². The van der Waals surface area contributed by atoms with E-state index >= 15 is 0 Å². The van der Waals surface area contributed by atoms with Crippen LogP contribution in [-0.4, -0.2) is 42.7 Å².